The fourth-order valence-electron chi connectivity index (χ4n) is 1.79. The van der Waals surface area contributed by atoms with Crippen LogP contribution in [0.4, 0.5) is 0 Å². The first-order valence-corrected chi connectivity index (χ1v) is 7.81. The zero-order chi connectivity index (χ0) is 13.3. The molecule has 0 aliphatic heterocycles. The summed E-state index contributed by atoms with van der Waals surface area (Å²) < 4.78 is 22.9. The van der Waals surface area contributed by atoms with Gasteiger partial charge in [0.15, 0.2) is 0 Å². The van der Waals surface area contributed by atoms with Crippen LogP contribution in [0, 0.1) is 13.8 Å². The van der Waals surface area contributed by atoms with Crippen molar-refractivity contribution in [2.45, 2.75) is 18.7 Å². The van der Waals surface area contributed by atoms with Gasteiger partial charge in [0, 0.05) is 10.7 Å². The van der Waals surface area contributed by atoms with Gasteiger partial charge in [0.1, 0.15) is 0 Å². The molecule has 0 heterocycles. The molecule has 0 amide bonds. The van der Waals surface area contributed by atoms with E-state index in [2.05, 4.69) is 0 Å². The summed E-state index contributed by atoms with van der Waals surface area (Å²) in [5.74, 6) is 0. The maximum Gasteiger partial charge on any atom is 0.261 e. The molecule has 0 fully saturated rings. The molecule has 4 heteroatoms. The molecular weight excluding hydrogens is 268 g/mol. The Morgan fingerprint density at radius 3 is 2.00 bits per heavy atom. The summed E-state index contributed by atoms with van der Waals surface area (Å²) in [6.45, 7) is 3.74. The topological polar surface area (TPSA) is 34.1 Å². The van der Waals surface area contributed by atoms with Gasteiger partial charge in [-0.05, 0) is 36.6 Å². The molecule has 2 aromatic rings. The summed E-state index contributed by atoms with van der Waals surface area (Å²) in [4.78, 5) is 0.169. The van der Waals surface area contributed by atoms with Crippen molar-refractivity contribution >= 4 is 19.7 Å². The molecule has 0 atom stereocenters. The molecular formula is C14H13ClO2S. The SMILES string of the molecule is Cc1ccc(-c2ccc(C)c(S(=O)(=O)Cl)c2)cc1. The van der Waals surface area contributed by atoms with Gasteiger partial charge >= 0.3 is 0 Å². The van der Waals surface area contributed by atoms with E-state index in [-0.39, 0.29) is 4.90 Å². The van der Waals surface area contributed by atoms with Crippen LogP contribution in [0.1, 0.15) is 11.1 Å². The molecule has 0 aliphatic rings. The summed E-state index contributed by atoms with van der Waals surface area (Å²) in [5, 5.41) is 0. The Labute approximate surface area is 112 Å². The van der Waals surface area contributed by atoms with Gasteiger partial charge in [-0.25, -0.2) is 8.42 Å². The van der Waals surface area contributed by atoms with Crippen molar-refractivity contribution in [3.63, 3.8) is 0 Å². The highest BCUT2D eigenvalue weighted by Gasteiger charge is 2.14. The maximum atomic E-state index is 11.5. The summed E-state index contributed by atoms with van der Waals surface area (Å²) in [6.07, 6.45) is 0. The molecule has 0 saturated heterocycles. The van der Waals surface area contributed by atoms with Crippen LogP contribution < -0.4 is 0 Å². The molecule has 94 valence electrons. The molecule has 0 aromatic heterocycles. The Balaban J connectivity index is 2.57. The Hall–Kier alpha value is -1.32. The van der Waals surface area contributed by atoms with E-state index in [1.807, 2.05) is 37.3 Å². The Bertz CT molecular complexity index is 673. The lowest BCUT2D eigenvalue weighted by Gasteiger charge is -2.07. The van der Waals surface area contributed by atoms with Crippen molar-refractivity contribution in [2.75, 3.05) is 0 Å². The van der Waals surface area contributed by atoms with Crippen LogP contribution in [-0.4, -0.2) is 8.42 Å². The first-order valence-electron chi connectivity index (χ1n) is 5.50. The monoisotopic (exact) mass is 280 g/mol. The Morgan fingerprint density at radius 1 is 0.889 bits per heavy atom. The molecule has 0 saturated carbocycles. The molecule has 0 aliphatic carbocycles. The predicted molar refractivity (Wildman–Crippen MR) is 74.4 cm³/mol. The van der Waals surface area contributed by atoms with E-state index in [0.29, 0.717) is 5.56 Å². The molecule has 0 unspecified atom stereocenters. The Morgan fingerprint density at radius 2 is 1.44 bits per heavy atom. The lowest BCUT2D eigenvalue weighted by molar-refractivity contribution is 0.609. The van der Waals surface area contributed by atoms with Gasteiger partial charge in [-0.15, -0.1) is 0 Å². The van der Waals surface area contributed by atoms with Crippen molar-refractivity contribution in [1.82, 2.24) is 0 Å². The smallest absolute Gasteiger partial charge is 0.207 e. The van der Waals surface area contributed by atoms with Crippen LogP contribution in [-0.2, 0) is 9.05 Å². The van der Waals surface area contributed by atoms with Crippen LogP contribution in [0.15, 0.2) is 47.4 Å². The highest BCUT2D eigenvalue weighted by atomic mass is 35.7. The number of hydrogen-bond acceptors (Lipinski definition) is 2. The normalized spacial score (nSPS) is 11.5. The van der Waals surface area contributed by atoms with Gasteiger partial charge in [-0.3, -0.25) is 0 Å². The minimum Gasteiger partial charge on any atom is -0.207 e. The van der Waals surface area contributed by atoms with Crippen molar-refractivity contribution in [2.24, 2.45) is 0 Å². The van der Waals surface area contributed by atoms with Gasteiger partial charge in [0.05, 0.1) is 4.90 Å². The number of benzene rings is 2. The third-order valence-electron chi connectivity index (χ3n) is 2.84. The second-order valence-electron chi connectivity index (χ2n) is 4.28. The number of hydrogen-bond donors (Lipinski definition) is 0. The van der Waals surface area contributed by atoms with Gasteiger partial charge in [-0.2, -0.15) is 0 Å². The van der Waals surface area contributed by atoms with Gasteiger partial charge in [0.25, 0.3) is 9.05 Å². The highest BCUT2D eigenvalue weighted by molar-refractivity contribution is 8.13. The van der Waals surface area contributed by atoms with Crippen LogP contribution in [0.5, 0.6) is 0 Å². The quantitative estimate of drug-likeness (QED) is 0.782. The first-order chi connectivity index (χ1) is 8.38. The van der Waals surface area contributed by atoms with E-state index < -0.39 is 9.05 Å². The standard InChI is InChI=1S/C14H13ClO2S/c1-10-3-6-12(7-4-10)13-8-5-11(2)14(9-13)18(15,16)17/h3-9H,1-2H3. The van der Waals surface area contributed by atoms with E-state index >= 15 is 0 Å². The maximum absolute atomic E-state index is 11.5. The van der Waals surface area contributed by atoms with E-state index in [4.69, 9.17) is 10.7 Å². The molecule has 2 aromatic carbocycles. The summed E-state index contributed by atoms with van der Waals surface area (Å²) >= 11 is 0. The minimum atomic E-state index is -3.70. The summed E-state index contributed by atoms with van der Waals surface area (Å²) in [7, 11) is 1.72. The largest absolute Gasteiger partial charge is 0.261 e. The van der Waals surface area contributed by atoms with E-state index in [1.165, 1.54) is 0 Å². The molecule has 18 heavy (non-hydrogen) atoms. The second-order valence-corrected chi connectivity index (χ2v) is 6.82. The van der Waals surface area contributed by atoms with Crippen LogP contribution >= 0.6 is 10.7 Å². The fraction of sp³-hybridized carbons (Fsp3) is 0.143. The second kappa shape index (κ2) is 4.75. The van der Waals surface area contributed by atoms with Gasteiger partial charge in [-0.1, -0.05) is 42.0 Å². The molecule has 0 radical (unpaired) electrons. The van der Waals surface area contributed by atoms with Crippen LogP contribution in [0.2, 0.25) is 0 Å². The number of aryl methyl sites for hydroxylation is 2. The minimum absolute atomic E-state index is 0.169. The number of rotatable bonds is 2. The van der Waals surface area contributed by atoms with Crippen molar-refractivity contribution in [3.8, 4) is 11.1 Å². The Kier molecular flexibility index (Phi) is 3.46. The predicted octanol–water partition coefficient (Wildman–Crippen LogP) is 3.90. The van der Waals surface area contributed by atoms with Crippen molar-refractivity contribution in [3.05, 3.63) is 53.6 Å². The zero-order valence-corrected chi connectivity index (χ0v) is 11.7. The van der Waals surface area contributed by atoms with E-state index in [0.717, 1.165) is 16.7 Å². The van der Waals surface area contributed by atoms with Crippen molar-refractivity contribution < 1.29 is 8.42 Å². The van der Waals surface area contributed by atoms with E-state index in [1.54, 1.807) is 19.1 Å². The third-order valence-corrected chi connectivity index (χ3v) is 4.30. The number of halogens is 1. The highest BCUT2D eigenvalue weighted by Crippen LogP contribution is 2.27. The van der Waals surface area contributed by atoms with E-state index in [9.17, 15) is 8.42 Å². The summed E-state index contributed by atoms with van der Waals surface area (Å²) in [5.41, 5.74) is 3.64. The molecule has 2 rings (SSSR count). The lowest BCUT2D eigenvalue weighted by Crippen LogP contribution is -1.95. The average molecular weight is 281 g/mol. The van der Waals surface area contributed by atoms with Crippen LogP contribution in [0.3, 0.4) is 0 Å². The van der Waals surface area contributed by atoms with Crippen LogP contribution in [0.25, 0.3) is 11.1 Å². The molecule has 0 N–H and O–H groups in total. The van der Waals surface area contributed by atoms with Gasteiger partial charge < -0.3 is 0 Å². The van der Waals surface area contributed by atoms with Crippen molar-refractivity contribution in [1.29, 1.82) is 0 Å². The average Bonchev–Trinajstić information content (AvgIpc) is 2.29. The lowest BCUT2D eigenvalue weighted by atomic mass is 10.0. The fourth-order valence-corrected chi connectivity index (χ4v) is 3.01. The molecule has 2 nitrogen and oxygen atoms in total. The molecule has 0 spiro atoms. The van der Waals surface area contributed by atoms with Gasteiger partial charge in [0.2, 0.25) is 0 Å². The third kappa shape index (κ3) is 2.74. The summed E-state index contributed by atoms with van der Waals surface area (Å²) in [6, 6.07) is 13.2. The zero-order valence-electron chi connectivity index (χ0n) is 10.1. The first kappa shape index (κ1) is 13.1. The molecule has 0 bridgehead atoms.